The van der Waals surface area contributed by atoms with Gasteiger partial charge in [0.15, 0.2) is 0 Å². The summed E-state index contributed by atoms with van der Waals surface area (Å²) in [6.45, 7) is 7.68. The molecule has 0 spiro atoms. The van der Waals surface area contributed by atoms with Gasteiger partial charge in [-0.05, 0) is 36.1 Å². The van der Waals surface area contributed by atoms with E-state index in [0.717, 1.165) is 18.2 Å². The Balaban J connectivity index is 0.000000873. The molecule has 1 aromatic rings. The first kappa shape index (κ1) is 16.9. The summed E-state index contributed by atoms with van der Waals surface area (Å²) in [5.74, 6) is -0.921. The van der Waals surface area contributed by atoms with Crippen molar-refractivity contribution in [2.24, 2.45) is 0 Å². The third-order valence-corrected chi connectivity index (χ3v) is 2.46. The van der Waals surface area contributed by atoms with Gasteiger partial charge < -0.3 is 0 Å². The third-order valence-electron chi connectivity index (χ3n) is 2.46. The van der Waals surface area contributed by atoms with Crippen LogP contribution in [0.15, 0.2) is 18.2 Å². The first-order chi connectivity index (χ1) is 8.27. The minimum atomic E-state index is -4.41. The van der Waals surface area contributed by atoms with Gasteiger partial charge in [0.25, 0.3) is 0 Å². The van der Waals surface area contributed by atoms with Gasteiger partial charge in [-0.2, -0.15) is 13.2 Å². The SMILES string of the molecule is CCC.CCC(C)c1cc(F)ccc1C(F)(F)F. The van der Waals surface area contributed by atoms with Crippen molar-refractivity contribution in [1.82, 2.24) is 0 Å². The highest BCUT2D eigenvalue weighted by molar-refractivity contribution is 5.33. The average Bonchev–Trinajstić information content (AvgIpc) is 2.27. The van der Waals surface area contributed by atoms with E-state index < -0.39 is 17.6 Å². The second-order valence-corrected chi connectivity index (χ2v) is 4.25. The fourth-order valence-corrected chi connectivity index (χ4v) is 1.42. The summed E-state index contributed by atoms with van der Waals surface area (Å²) >= 11 is 0. The van der Waals surface area contributed by atoms with E-state index in [2.05, 4.69) is 13.8 Å². The van der Waals surface area contributed by atoms with Crippen molar-refractivity contribution in [3.8, 4) is 0 Å². The number of hydrogen-bond donors (Lipinski definition) is 0. The van der Waals surface area contributed by atoms with E-state index in [1.165, 1.54) is 6.42 Å². The molecule has 1 aromatic carbocycles. The molecule has 18 heavy (non-hydrogen) atoms. The zero-order valence-electron chi connectivity index (χ0n) is 11.2. The Labute approximate surface area is 106 Å². The van der Waals surface area contributed by atoms with Crippen LogP contribution in [-0.4, -0.2) is 0 Å². The summed E-state index contributed by atoms with van der Waals surface area (Å²) in [5, 5.41) is 0. The monoisotopic (exact) mass is 264 g/mol. The summed E-state index contributed by atoms with van der Waals surface area (Å²) in [7, 11) is 0. The second-order valence-electron chi connectivity index (χ2n) is 4.25. The van der Waals surface area contributed by atoms with E-state index in [-0.39, 0.29) is 11.5 Å². The Bertz CT molecular complexity index is 355. The van der Waals surface area contributed by atoms with Crippen LogP contribution in [0.3, 0.4) is 0 Å². The molecule has 1 atom stereocenters. The zero-order valence-corrected chi connectivity index (χ0v) is 11.2. The predicted molar refractivity (Wildman–Crippen MR) is 66.1 cm³/mol. The normalized spacial score (nSPS) is 12.7. The molecule has 0 fully saturated rings. The summed E-state index contributed by atoms with van der Waals surface area (Å²) in [6, 6.07) is 2.61. The van der Waals surface area contributed by atoms with Crippen LogP contribution in [0.1, 0.15) is 57.6 Å². The molecule has 0 nitrogen and oxygen atoms in total. The molecule has 0 saturated carbocycles. The van der Waals surface area contributed by atoms with Crippen LogP contribution in [0.2, 0.25) is 0 Å². The lowest BCUT2D eigenvalue weighted by molar-refractivity contribution is -0.138. The molecule has 0 amide bonds. The van der Waals surface area contributed by atoms with E-state index in [1.807, 2.05) is 0 Å². The van der Waals surface area contributed by atoms with Gasteiger partial charge in [0, 0.05) is 0 Å². The van der Waals surface area contributed by atoms with E-state index in [1.54, 1.807) is 13.8 Å². The summed E-state index contributed by atoms with van der Waals surface area (Å²) in [4.78, 5) is 0. The number of benzene rings is 1. The lowest BCUT2D eigenvalue weighted by atomic mass is 9.93. The van der Waals surface area contributed by atoms with Crippen molar-refractivity contribution in [1.29, 1.82) is 0 Å². The Morgan fingerprint density at radius 1 is 1.11 bits per heavy atom. The molecular formula is C14H20F4. The highest BCUT2D eigenvalue weighted by Crippen LogP contribution is 2.36. The maximum absolute atomic E-state index is 12.9. The second kappa shape index (κ2) is 7.39. The van der Waals surface area contributed by atoms with Crippen molar-refractivity contribution in [3.05, 3.63) is 35.1 Å². The van der Waals surface area contributed by atoms with Gasteiger partial charge in [-0.25, -0.2) is 4.39 Å². The molecule has 4 heteroatoms. The zero-order chi connectivity index (χ0) is 14.3. The van der Waals surface area contributed by atoms with Gasteiger partial charge in [0.2, 0.25) is 0 Å². The standard InChI is InChI=1S/C11H12F4.C3H8/c1-3-7(2)9-6-8(12)4-5-10(9)11(13,14)15;1-3-2/h4-7H,3H2,1-2H3;3H2,1-2H3. The molecule has 104 valence electrons. The van der Waals surface area contributed by atoms with Crippen molar-refractivity contribution in [3.63, 3.8) is 0 Å². The fraction of sp³-hybridized carbons (Fsp3) is 0.571. The predicted octanol–water partition coefficient (Wildman–Crippen LogP) is 5.77. The van der Waals surface area contributed by atoms with Crippen LogP contribution in [0, 0.1) is 5.82 Å². The molecule has 0 aliphatic carbocycles. The van der Waals surface area contributed by atoms with Crippen molar-refractivity contribution >= 4 is 0 Å². The van der Waals surface area contributed by atoms with E-state index in [4.69, 9.17) is 0 Å². The third kappa shape index (κ3) is 5.07. The number of halogens is 4. The molecule has 0 N–H and O–H groups in total. The topological polar surface area (TPSA) is 0 Å². The molecule has 0 aliphatic rings. The van der Waals surface area contributed by atoms with Crippen molar-refractivity contribution in [2.75, 3.05) is 0 Å². The summed E-state index contributed by atoms with van der Waals surface area (Å²) in [6.07, 6.45) is -2.61. The first-order valence-corrected chi connectivity index (χ1v) is 6.14. The summed E-state index contributed by atoms with van der Waals surface area (Å²) in [5.41, 5.74) is -0.705. The van der Waals surface area contributed by atoms with Gasteiger partial charge >= 0.3 is 6.18 Å². The average molecular weight is 264 g/mol. The minimum Gasteiger partial charge on any atom is -0.207 e. The lowest BCUT2D eigenvalue weighted by Crippen LogP contribution is -2.11. The molecule has 0 aliphatic heterocycles. The van der Waals surface area contributed by atoms with Crippen LogP contribution < -0.4 is 0 Å². The summed E-state index contributed by atoms with van der Waals surface area (Å²) < 4.78 is 50.5. The van der Waals surface area contributed by atoms with Crippen LogP contribution in [0.5, 0.6) is 0 Å². The molecule has 1 rings (SSSR count). The Kier molecular flexibility index (Phi) is 6.96. The van der Waals surface area contributed by atoms with Gasteiger partial charge in [-0.1, -0.05) is 34.1 Å². The Morgan fingerprint density at radius 3 is 2.00 bits per heavy atom. The molecule has 0 radical (unpaired) electrons. The molecule has 0 heterocycles. The van der Waals surface area contributed by atoms with Gasteiger partial charge in [-0.15, -0.1) is 0 Å². The molecule has 0 saturated heterocycles. The minimum absolute atomic E-state index is 0.0324. The van der Waals surface area contributed by atoms with E-state index >= 15 is 0 Å². The highest BCUT2D eigenvalue weighted by Gasteiger charge is 2.34. The fourth-order valence-electron chi connectivity index (χ4n) is 1.42. The smallest absolute Gasteiger partial charge is 0.207 e. The van der Waals surface area contributed by atoms with Crippen molar-refractivity contribution < 1.29 is 17.6 Å². The largest absolute Gasteiger partial charge is 0.416 e. The Morgan fingerprint density at radius 2 is 1.61 bits per heavy atom. The first-order valence-electron chi connectivity index (χ1n) is 6.14. The number of rotatable bonds is 2. The number of alkyl halides is 3. The molecule has 0 bridgehead atoms. The van der Waals surface area contributed by atoms with E-state index in [0.29, 0.717) is 6.42 Å². The quantitative estimate of drug-likeness (QED) is 0.594. The molecule has 0 aromatic heterocycles. The van der Waals surface area contributed by atoms with Crippen molar-refractivity contribution in [2.45, 2.75) is 52.6 Å². The van der Waals surface area contributed by atoms with Crippen LogP contribution in [-0.2, 0) is 6.18 Å². The lowest BCUT2D eigenvalue weighted by Gasteiger charge is -2.17. The maximum Gasteiger partial charge on any atom is 0.416 e. The van der Waals surface area contributed by atoms with Crippen LogP contribution in [0.25, 0.3) is 0 Å². The molecular weight excluding hydrogens is 244 g/mol. The van der Waals surface area contributed by atoms with Gasteiger partial charge in [0.1, 0.15) is 5.82 Å². The van der Waals surface area contributed by atoms with Gasteiger partial charge in [0.05, 0.1) is 5.56 Å². The Hall–Kier alpha value is -1.06. The van der Waals surface area contributed by atoms with Crippen LogP contribution >= 0.6 is 0 Å². The van der Waals surface area contributed by atoms with Gasteiger partial charge in [-0.3, -0.25) is 0 Å². The highest BCUT2D eigenvalue weighted by atomic mass is 19.4. The van der Waals surface area contributed by atoms with E-state index in [9.17, 15) is 17.6 Å². The molecule has 1 unspecified atom stereocenters. The van der Waals surface area contributed by atoms with Crippen LogP contribution in [0.4, 0.5) is 17.6 Å². The number of hydrogen-bond acceptors (Lipinski definition) is 0. The maximum atomic E-state index is 12.9.